The van der Waals surface area contributed by atoms with Gasteiger partial charge in [-0.15, -0.1) is 0 Å². The maximum absolute atomic E-state index is 11.8. The highest BCUT2D eigenvalue weighted by atomic mass is 16.1. The Bertz CT molecular complexity index is 349. The van der Waals surface area contributed by atoms with E-state index >= 15 is 0 Å². The van der Waals surface area contributed by atoms with Gasteiger partial charge in [0.25, 0.3) is 0 Å². The van der Waals surface area contributed by atoms with Crippen LogP contribution in [0.5, 0.6) is 0 Å². The lowest BCUT2D eigenvalue weighted by Crippen LogP contribution is -2.39. The Hall–Kier alpha value is -1.36. The Morgan fingerprint density at radius 2 is 2.47 bits per heavy atom. The molecule has 1 aliphatic rings. The number of aryl methyl sites for hydroxylation is 1. The molecule has 0 radical (unpaired) electrons. The first-order chi connectivity index (χ1) is 8.27. The van der Waals surface area contributed by atoms with Crippen molar-refractivity contribution in [3.05, 3.63) is 18.2 Å². The zero-order valence-electron chi connectivity index (χ0n) is 9.98. The fourth-order valence-electron chi connectivity index (χ4n) is 2.35. The lowest BCUT2D eigenvalue weighted by atomic mass is 10.0. The molecule has 0 bridgehead atoms. The second-order valence-electron chi connectivity index (χ2n) is 4.63. The van der Waals surface area contributed by atoms with E-state index < -0.39 is 0 Å². The Morgan fingerprint density at radius 3 is 3.12 bits per heavy atom. The Kier molecular flexibility index (Phi) is 4.14. The van der Waals surface area contributed by atoms with Gasteiger partial charge in [-0.25, -0.2) is 4.98 Å². The van der Waals surface area contributed by atoms with Gasteiger partial charge in [-0.3, -0.25) is 4.79 Å². The molecule has 1 saturated carbocycles. The standard InChI is InChI=1S/C12H20N4O/c13-10-4-1-3-9(10)12(17)16-6-2-5-11-14-7-8-15-11/h7-10H,1-6,13H2,(H,14,15)(H,16,17). The second kappa shape index (κ2) is 5.82. The van der Waals surface area contributed by atoms with E-state index in [1.165, 1.54) is 0 Å². The van der Waals surface area contributed by atoms with Crippen molar-refractivity contribution >= 4 is 5.91 Å². The summed E-state index contributed by atoms with van der Waals surface area (Å²) in [4.78, 5) is 19.0. The molecule has 1 aromatic rings. The van der Waals surface area contributed by atoms with Crippen molar-refractivity contribution < 1.29 is 4.79 Å². The number of aromatic nitrogens is 2. The predicted molar refractivity (Wildman–Crippen MR) is 65.2 cm³/mol. The molecule has 1 aliphatic carbocycles. The molecule has 2 atom stereocenters. The average Bonchev–Trinajstić information content (AvgIpc) is 2.95. The first kappa shape index (κ1) is 12.1. The summed E-state index contributed by atoms with van der Waals surface area (Å²) in [5.74, 6) is 1.12. The number of nitrogens with zero attached hydrogens (tertiary/aromatic N) is 1. The fraction of sp³-hybridized carbons (Fsp3) is 0.667. The van der Waals surface area contributed by atoms with Crippen LogP contribution in [-0.2, 0) is 11.2 Å². The summed E-state index contributed by atoms with van der Waals surface area (Å²) in [6, 6.07) is 0.0556. The highest BCUT2D eigenvalue weighted by molar-refractivity contribution is 5.79. The van der Waals surface area contributed by atoms with E-state index in [1.807, 2.05) is 6.20 Å². The molecular weight excluding hydrogens is 216 g/mol. The number of hydrogen-bond donors (Lipinski definition) is 3. The first-order valence-corrected chi connectivity index (χ1v) is 6.29. The van der Waals surface area contributed by atoms with E-state index in [9.17, 15) is 4.79 Å². The zero-order valence-corrected chi connectivity index (χ0v) is 9.98. The van der Waals surface area contributed by atoms with Crippen molar-refractivity contribution in [3.8, 4) is 0 Å². The molecule has 17 heavy (non-hydrogen) atoms. The third-order valence-electron chi connectivity index (χ3n) is 3.35. The van der Waals surface area contributed by atoms with Gasteiger partial charge in [0.2, 0.25) is 5.91 Å². The molecule has 1 aromatic heterocycles. The Labute approximate surface area is 101 Å². The summed E-state index contributed by atoms with van der Waals surface area (Å²) >= 11 is 0. The van der Waals surface area contributed by atoms with Gasteiger partial charge in [0.1, 0.15) is 5.82 Å². The largest absolute Gasteiger partial charge is 0.356 e. The van der Waals surface area contributed by atoms with Crippen molar-refractivity contribution in [1.82, 2.24) is 15.3 Å². The monoisotopic (exact) mass is 236 g/mol. The molecule has 0 spiro atoms. The van der Waals surface area contributed by atoms with Crippen LogP contribution < -0.4 is 11.1 Å². The minimum atomic E-state index is 0.0265. The molecule has 2 rings (SSSR count). The van der Waals surface area contributed by atoms with Crippen LogP contribution in [0.1, 0.15) is 31.5 Å². The molecular formula is C12H20N4O. The predicted octanol–water partition coefficient (Wildman–Crippen LogP) is 0.586. The number of H-pyrrole nitrogens is 1. The molecule has 1 fully saturated rings. The minimum absolute atomic E-state index is 0.0265. The third-order valence-corrected chi connectivity index (χ3v) is 3.35. The van der Waals surface area contributed by atoms with Crippen LogP contribution in [0.15, 0.2) is 12.4 Å². The smallest absolute Gasteiger partial charge is 0.224 e. The average molecular weight is 236 g/mol. The first-order valence-electron chi connectivity index (χ1n) is 6.29. The Morgan fingerprint density at radius 1 is 1.59 bits per heavy atom. The minimum Gasteiger partial charge on any atom is -0.356 e. The van der Waals surface area contributed by atoms with Crippen molar-refractivity contribution in [2.24, 2.45) is 11.7 Å². The lowest BCUT2D eigenvalue weighted by Gasteiger charge is -2.14. The van der Waals surface area contributed by atoms with Gasteiger partial charge in [-0.2, -0.15) is 0 Å². The van der Waals surface area contributed by atoms with E-state index in [4.69, 9.17) is 5.73 Å². The van der Waals surface area contributed by atoms with Gasteiger partial charge in [-0.05, 0) is 19.3 Å². The highest BCUT2D eigenvalue weighted by Gasteiger charge is 2.29. The number of carbonyl (C=O) groups excluding carboxylic acids is 1. The van der Waals surface area contributed by atoms with Crippen molar-refractivity contribution in [2.45, 2.75) is 38.1 Å². The van der Waals surface area contributed by atoms with E-state index in [0.29, 0.717) is 6.54 Å². The van der Waals surface area contributed by atoms with Gasteiger partial charge >= 0.3 is 0 Å². The van der Waals surface area contributed by atoms with Crippen LogP contribution in [0, 0.1) is 5.92 Å². The van der Waals surface area contributed by atoms with Gasteiger partial charge < -0.3 is 16.0 Å². The summed E-state index contributed by atoms with van der Waals surface area (Å²) in [7, 11) is 0. The van der Waals surface area contributed by atoms with Crippen LogP contribution in [0.2, 0.25) is 0 Å². The highest BCUT2D eigenvalue weighted by Crippen LogP contribution is 2.23. The summed E-state index contributed by atoms with van der Waals surface area (Å²) in [6.45, 7) is 0.697. The molecule has 94 valence electrons. The third kappa shape index (κ3) is 3.30. The van der Waals surface area contributed by atoms with E-state index in [1.54, 1.807) is 6.20 Å². The number of imidazole rings is 1. The fourth-order valence-corrected chi connectivity index (χ4v) is 2.35. The SMILES string of the molecule is NC1CCCC1C(=O)NCCCc1ncc[nH]1. The summed E-state index contributed by atoms with van der Waals surface area (Å²) in [5.41, 5.74) is 5.89. The lowest BCUT2D eigenvalue weighted by molar-refractivity contribution is -0.125. The molecule has 0 saturated heterocycles. The summed E-state index contributed by atoms with van der Waals surface area (Å²) in [6.07, 6.45) is 8.31. The van der Waals surface area contributed by atoms with Gasteiger partial charge in [0.15, 0.2) is 0 Å². The maximum atomic E-state index is 11.8. The second-order valence-corrected chi connectivity index (χ2v) is 4.63. The van der Waals surface area contributed by atoms with Crippen molar-refractivity contribution in [2.75, 3.05) is 6.54 Å². The molecule has 0 aliphatic heterocycles. The zero-order chi connectivity index (χ0) is 12.1. The molecule has 5 nitrogen and oxygen atoms in total. The molecule has 0 aromatic carbocycles. The Balaban J connectivity index is 1.63. The van der Waals surface area contributed by atoms with Crippen LogP contribution >= 0.6 is 0 Å². The quantitative estimate of drug-likeness (QED) is 0.654. The topological polar surface area (TPSA) is 83.8 Å². The normalized spacial score (nSPS) is 23.8. The van der Waals surface area contributed by atoms with E-state index in [-0.39, 0.29) is 17.9 Å². The van der Waals surface area contributed by atoms with E-state index in [0.717, 1.165) is 37.9 Å². The number of nitrogens with one attached hydrogen (secondary N) is 2. The number of amides is 1. The summed E-state index contributed by atoms with van der Waals surface area (Å²) < 4.78 is 0. The molecule has 5 heteroatoms. The van der Waals surface area contributed by atoms with E-state index in [2.05, 4.69) is 15.3 Å². The molecule has 1 heterocycles. The molecule has 2 unspecified atom stereocenters. The summed E-state index contributed by atoms with van der Waals surface area (Å²) in [5, 5.41) is 2.96. The number of carbonyl (C=O) groups is 1. The van der Waals surface area contributed by atoms with Crippen LogP contribution in [0.25, 0.3) is 0 Å². The van der Waals surface area contributed by atoms with Gasteiger partial charge in [0.05, 0.1) is 5.92 Å². The van der Waals surface area contributed by atoms with Crippen LogP contribution in [0.3, 0.4) is 0 Å². The molecule has 1 amide bonds. The van der Waals surface area contributed by atoms with Gasteiger partial charge in [0, 0.05) is 31.4 Å². The molecule has 4 N–H and O–H groups in total. The van der Waals surface area contributed by atoms with Gasteiger partial charge in [-0.1, -0.05) is 6.42 Å². The number of nitrogens with two attached hydrogens (primary N) is 1. The van der Waals surface area contributed by atoms with Crippen molar-refractivity contribution in [1.29, 1.82) is 0 Å². The van der Waals surface area contributed by atoms with Crippen molar-refractivity contribution in [3.63, 3.8) is 0 Å². The maximum Gasteiger partial charge on any atom is 0.224 e. The van der Waals surface area contributed by atoms with Crippen LogP contribution in [0.4, 0.5) is 0 Å². The number of aromatic amines is 1. The van der Waals surface area contributed by atoms with Crippen LogP contribution in [-0.4, -0.2) is 28.5 Å². The number of rotatable bonds is 5. The number of hydrogen-bond acceptors (Lipinski definition) is 3.